The average Bonchev–Trinajstić information content (AvgIpc) is 2.97. The van der Waals surface area contributed by atoms with Gasteiger partial charge < -0.3 is 9.80 Å². The Morgan fingerprint density at radius 3 is 1.29 bits per heavy atom. The maximum atomic E-state index is 4.40. The number of fused-ring (bicyclic) bond motifs is 1. The fourth-order valence-corrected chi connectivity index (χ4v) is 4.32. The van der Waals surface area contributed by atoms with Crippen LogP contribution < -0.4 is 20.7 Å². The van der Waals surface area contributed by atoms with Crippen LogP contribution in [-0.2, 0) is 0 Å². The molecule has 0 bridgehead atoms. The summed E-state index contributed by atoms with van der Waals surface area (Å²) in [6.45, 7) is 12.6. The summed E-state index contributed by atoms with van der Waals surface area (Å²) in [6, 6.07) is 24.6. The van der Waals surface area contributed by atoms with Gasteiger partial charge in [0.1, 0.15) is 0 Å². The molecular weight excluding hydrogens is 472 g/mol. The van der Waals surface area contributed by atoms with Crippen LogP contribution in [0, 0.1) is 0 Å². The van der Waals surface area contributed by atoms with Crippen LogP contribution in [0.5, 0.6) is 0 Å². The zero-order valence-corrected chi connectivity index (χ0v) is 22.6. The lowest BCUT2D eigenvalue weighted by atomic mass is 10.2. The molecule has 4 rings (SSSR count). The lowest BCUT2D eigenvalue weighted by molar-refractivity contribution is 0.866. The summed E-state index contributed by atoms with van der Waals surface area (Å²) in [6.07, 6.45) is 3.56. The van der Waals surface area contributed by atoms with Gasteiger partial charge in [-0.25, -0.2) is 0 Å². The van der Waals surface area contributed by atoms with E-state index < -0.39 is 0 Å². The van der Waals surface area contributed by atoms with E-state index in [0.29, 0.717) is 11.6 Å². The molecule has 0 saturated carbocycles. The van der Waals surface area contributed by atoms with Crippen molar-refractivity contribution in [2.24, 2.45) is 10.2 Å². The summed E-state index contributed by atoms with van der Waals surface area (Å²) >= 11 is 0. The topological polar surface area (TPSA) is 81.0 Å². The van der Waals surface area contributed by atoms with E-state index in [2.05, 4.69) is 117 Å². The number of benzene rings is 3. The smallest absolute Gasteiger partial charge is 0.176 e. The SMILES string of the molecule is CCN(CC)c1ccc(/C=N\Nc2nnc(N/N=C\c3ccc(N(CC)CC)cc3)c3ccccc23)cc1. The van der Waals surface area contributed by atoms with E-state index in [1.165, 1.54) is 11.4 Å². The van der Waals surface area contributed by atoms with Crippen molar-refractivity contribution in [1.82, 2.24) is 10.2 Å². The normalized spacial score (nSPS) is 11.4. The Kier molecular flexibility index (Phi) is 9.23. The molecule has 0 radical (unpaired) electrons. The second kappa shape index (κ2) is 13.2. The fourth-order valence-electron chi connectivity index (χ4n) is 4.32. The van der Waals surface area contributed by atoms with Crippen LogP contribution >= 0.6 is 0 Å². The highest BCUT2D eigenvalue weighted by Gasteiger charge is 2.08. The molecular formula is C30H36N8. The van der Waals surface area contributed by atoms with Gasteiger partial charge in [0.05, 0.1) is 12.4 Å². The van der Waals surface area contributed by atoms with Gasteiger partial charge in [-0.05, 0) is 63.1 Å². The van der Waals surface area contributed by atoms with E-state index in [9.17, 15) is 0 Å². The van der Waals surface area contributed by atoms with Crippen molar-refractivity contribution >= 4 is 46.2 Å². The first-order valence-corrected chi connectivity index (χ1v) is 13.2. The maximum absolute atomic E-state index is 4.40. The molecule has 8 nitrogen and oxygen atoms in total. The van der Waals surface area contributed by atoms with Crippen molar-refractivity contribution in [1.29, 1.82) is 0 Å². The summed E-state index contributed by atoms with van der Waals surface area (Å²) in [5.74, 6) is 1.16. The Morgan fingerprint density at radius 1 is 0.579 bits per heavy atom. The number of rotatable bonds is 12. The van der Waals surface area contributed by atoms with E-state index in [4.69, 9.17) is 0 Å². The van der Waals surface area contributed by atoms with Gasteiger partial charge >= 0.3 is 0 Å². The Morgan fingerprint density at radius 2 is 0.947 bits per heavy atom. The fraction of sp³-hybridized carbons (Fsp3) is 0.267. The second-order valence-electron chi connectivity index (χ2n) is 8.71. The molecule has 2 N–H and O–H groups in total. The van der Waals surface area contributed by atoms with E-state index in [-0.39, 0.29) is 0 Å². The monoisotopic (exact) mass is 508 g/mol. The van der Waals surface area contributed by atoms with Crippen molar-refractivity contribution in [3.63, 3.8) is 0 Å². The maximum Gasteiger partial charge on any atom is 0.176 e. The number of anilines is 4. The molecule has 0 aliphatic heterocycles. The molecule has 0 aliphatic carbocycles. The predicted octanol–water partition coefficient (Wildman–Crippen LogP) is 6.21. The van der Waals surface area contributed by atoms with Crippen molar-refractivity contribution in [2.75, 3.05) is 46.8 Å². The van der Waals surface area contributed by atoms with E-state index in [0.717, 1.165) is 48.1 Å². The van der Waals surface area contributed by atoms with Gasteiger partial charge in [-0.1, -0.05) is 48.5 Å². The quantitative estimate of drug-likeness (QED) is 0.175. The van der Waals surface area contributed by atoms with Gasteiger partial charge in [-0.15, -0.1) is 10.2 Å². The number of hydrogen-bond donors (Lipinski definition) is 2. The zero-order valence-electron chi connectivity index (χ0n) is 22.6. The van der Waals surface area contributed by atoms with Crippen LogP contribution in [-0.4, -0.2) is 48.8 Å². The van der Waals surface area contributed by atoms with Gasteiger partial charge in [0.15, 0.2) is 11.6 Å². The molecule has 0 atom stereocenters. The minimum atomic E-state index is 0.582. The van der Waals surface area contributed by atoms with Gasteiger partial charge in [-0.2, -0.15) is 10.2 Å². The number of nitrogens with one attached hydrogen (secondary N) is 2. The second-order valence-corrected chi connectivity index (χ2v) is 8.71. The third-order valence-corrected chi connectivity index (χ3v) is 6.50. The zero-order chi connectivity index (χ0) is 26.7. The number of aromatic nitrogens is 2. The first-order valence-electron chi connectivity index (χ1n) is 13.2. The predicted molar refractivity (Wildman–Crippen MR) is 162 cm³/mol. The minimum Gasteiger partial charge on any atom is -0.372 e. The van der Waals surface area contributed by atoms with Crippen LogP contribution in [0.1, 0.15) is 38.8 Å². The largest absolute Gasteiger partial charge is 0.372 e. The van der Waals surface area contributed by atoms with E-state index >= 15 is 0 Å². The van der Waals surface area contributed by atoms with Gasteiger partial charge in [0.2, 0.25) is 0 Å². The molecule has 38 heavy (non-hydrogen) atoms. The Labute approximate surface area is 225 Å². The van der Waals surface area contributed by atoms with Gasteiger partial charge in [-0.3, -0.25) is 10.9 Å². The summed E-state index contributed by atoms with van der Waals surface area (Å²) in [7, 11) is 0. The molecule has 0 amide bonds. The van der Waals surface area contributed by atoms with Gasteiger partial charge in [0.25, 0.3) is 0 Å². The highest BCUT2D eigenvalue weighted by molar-refractivity contribution is 5.98. The highest BCUT2D eigenvalue weighted by atomic mass is 15.4. The van der Waals surface area contributed by atoms with Crippen molar-refractivity contribution in [2.45, 2.75) is 27.7 Å². The number of hydrazone groups is 2. The lowest BCUT2D eigenvalue weighted by Crippen LogP contribution is -2.21. The van der Waals surface area contributed by atoms with Crippen molar-refractivity contribution in [3.8, 4) is 0 Å². The Hall–Kier alpha value is -4.46. The van der Waals surface area contributed by atoms with Crippen LogP contribution in [0.2, 0.25) is 0 Å². The summed E-state index contributed by atoms with van der Waals surface area (Å²) in [5, 5.41) is 19.3. The van der Waals surface area contributed by atoms with Crippen molar-refractivity contribution in [3.05, 3.63) is 83.9 Å². The molecule has 8 heteroatoms. The Bertz CT molecular complexity index is 1250. The number of nitrogens with zero attached hydrogens (tertiary/aromatic N) is 6. The third kappa shape index (κ3) is 6.45. The number of hydrogen-bond acceptors (Lipinski definition) is 8. The minimum absolute atomic E-state index is 0.582. The highest BCUT2D eigenvalue weighted by Crippen LogP contribution is 2.26. The summed E-state index contributed by atoms with van der Waals surface area (Å²) in [4.78, 5) is 4.62. The first-order chi connectivity index (χ1) is 18.7. The summed E-state index contributed by atoms with van der Waals surface area (Å²) < 4.78 is 0. The molecule has 4 aromatic rings. The average molecular weight is 509 g/mol. The summed E-state index contributed by atoms with van der Waals surface area (Å²) in [5.41, 5.74) is 10.5. The molecule has 0 fully saturated rings. The third-order valence-electron chi connectivity index (χ3n) is 6.50. The van der Waals surface area contributed by atoms with Crippen LogP contribution in [0.15, 0.2) is 83.0 Å². The van der Waals surface area contributed by atoms with Crippen LogP contribution in [0.25, 0.3) is 10.8 Å². The molecule has 0 spiro atoms. The first kappa shape index (κ1) is 26.6. The van der Waals surface area contributed by atoms with Crippen LogP contribution in [0.3, 0.4) is 0 Å². The lowest BCUT2D eigenvalue weighted by Gasteiger charge is -2.20. The van der Waals surface area contributed by atoms with Gasteiger partial charge in [0, 0.05) is 48.3 Å². The molecule has 3 aromatic carbocycles. The van der Waals surface area contributed by atoms with Crippen LogP contribution in [0.4, 0.5) is 23.0 Å². The molecule has 0 saturated heterocycles. The van der Waals surface area contributed by atoms with Crippen molar-refractivity contribution < 1.29 is 0 Å². The molecule has 0 unspecified atom stereocenters. The molecule has 1 aromatic heterocycles. The molecule has 196 valence electrons. The van der Waals surface area contributed by atoms with E-state index in [1.54, 1.807) is 12.4 Å². The van der Waals surface area contributed by atoms with E-state index in [1.807, 2.05) is 24.3 Å². The standard InChI is InChI=1S/C30H36N8/c1-5-37(6-2)25-17-13-23(14-18-25)21-31-33-29-27-11-9-10-12-28(27)30(36-35-29)34-32-22-24-15-19-26(20-16-24)38(7-3)8-4/h9-22H,5-8H2,1-4H3,(H,33,35)(H,34,36)/b31-21-,32-22-. The molecule has 1 heterocycles. The molecule has 0 aliphatic rings. The Balaban J connectivity index is 1.43.